The Morgan fingerprint density at radius 1 is 1.07 bits per heavy atom. The van der Waals surface area contributed by atoms with Crippen LogP contribution in [0.2, 0.25) is 0 Å². The summed E-state index contributed by atoms with van der Waals surface area (Å²) < 4.78 is 12.9. The number of ether oxygens (including phenoxy) is 2. The van der Waals surface area contributed by atoms with Crippen molar-refractivity contribution in [2.45, 2.75) is 0 Å². The number of nitrogens with zero attached hydrogens (tertiary/aromatic N) is 5. The second-order valence-electron chi connectivity index (χ2n) is 6.22. The number of morpholine rings is 1. The summed E-state index contributed by atoms with van der Waals surface area (Å²) in [6.07, 6.45) is 3.64. The van der Waals surface area contributed by atoms with Gasteiger partial charge in [0.05, 0.1) is 0 Å². The summed E-state index contributed by atoms with van der Waals surface area (Å²) in [5, 5.41) is 0. The maximum atomic E-state index is 5.73. The summed E-state index contributed by atoms with van der Waals surface area (Å²) in [4.78, 5) is 20.4. The Morgan fingerprint density at radius 3 is 2.61 bits per heavy atom. The van der Waals surface area contributed by atoms with Crippen molar-refractivity contribution in [3.63, 3.8) is 0 Å². The van der Waals surface area contributed by atoms with Crippen LogP contribution in [0.15, 0.2) is 42.7 Å². The molecule has 3 aromatic heterocycles. The predicted octanol–water partition coefficient (Wildman–Crippen LogP) is 0.0160. The third-order valence-corrected chi connectivity index (χ3v) is 7.44. The van der Waals surface area contributed by atoms with Gasteiger partial charge < -0.3 is 0 Å². The number of nitrogens with two attached hydrogens (primary N) is 1. The summed E-state index contributed by atoms with van der Waals surface area (Å²) in [5.74, 6) is 1.86. The van der Waals surface area contributed by atoms with E-state index < -0.39 is 21.1 Å². The van der Waals surface area contributed by atoms with Gasteiger partial charge in [-0.15, -0.1) is 0 Å². The van der Waals surface area contributed by atoms with Crippen molar-refractivity contribution in [3.8, 4) is 17.1 Å². The Labute approximate surface area is 173 Å². The molecule has 1 saturated heterocycles. The minimum absolute atomic E-state index is 0.493. The zero-order chi connectivity index (χ0) is 19.3. The van der Waals surface area contributed by atoms with Crippen molar-refractivity contribution in [2.75, 3.05) is 44.0 Å². The van der Waals surface area contributed by atoms with Crippen molar-refractivity contribution >= 4 is 40.2 Å². The summed E-state index contributed by atoms with van der Waals surface area (Å²) in [5.41, 5.74) is 7.53. The molecule has 0 bridgehead atoms. The molecular formula is C19H20N6O2Sn. The molecule has 0 spiro atoms. The molecule has 1 aliphatic heterocycles. The van der Waals surface area contributed by atoms with Crippen molar-refractivity contribution in [1.29, 1.82) is 0 Å². The molecule has 0 unspecified atom stereocenters. The van der Waals surface area contributed by atoms with Gasteiger partial charge in [-0.05, 0) is 0 Å². The fourth-order valence-electron chi connectivity index (χ4n) is 2.83. The SMILES string of the molecule is COc1cc[c]([Sn][c]2cc(-c3ccc(N)nc3)nc(N3CCOCC3)n2)cn1. The van der Waals surface area contributed by atoms with Gasteiger partial charge >= 0.3 is 174 Å². The van der Waals surface area contributed by atoms with Gasteiger partial charge in [0, 0.05) is 0 Å². The minimum atomic E-state index is -1.15. The molecule has 4 rings (SSSR count). The van der Waals surface area contributed by atoms with Crippen LogP contribution in [0, 0.1) is 0 Å². The molecule has 0 amide bonds. The first-order valence-electron chi connectivity index (χ1n) is 8.92. The molecular weight excluding hydrogens is 463 g/mol. The van der Waals surface area contributed by atoms with E-state index in [1.165, 1.54) is 3.58 Å². The molecule has 8 nitrogen and oxygen atoms in total. The van der Waals surface area contributed by atoms with E-state index in [2.05, 4.69) is 27.0 Å². The van der Waals surface area contributed by atoms with Gasteiger partial charge in [0.25, 0.3) is 0 Å². The number of hydrogen-bond donors (Lipinski definition) is 1. The van der Waals surface area contributed by atoms with Crippen molar-refractivity contribution in [2.24, 2.45) is 0 Å². The third kappa shape index (κ3) is 4.50. The Hall–Kier alpha value is -2.46. The van der Waals surface area contributed by atoms with E-state index in [4.69, 9.17) is 25.2 Å². The Bertz CT molecular complexity index is 930. The van der Waals surface area contributed by atoms with E-state index in [1.54, 1.807) is 19.4 Å². The van der Waals surface area contributed by atoms with E-state index in [-0.39, 0.29) is 0 Å². The van der Waals surface area contributed by atoms with Crippen LogP contribution in [-0.4, -0.2) is 74.5 Å². The number of aromatic nitrogens is 4. The van der Waals surface area contributed by atoms with Crippen LogP contribution in [0.1, 0.15) is 0 Å². The van der Waals surface area contributed by atoms with Crippen molar-refractivity contribution in [3.05, 3.63) is 42.7 Å². The number of hydrogen-bond acceptors (Lipinski definition) is 8. The topological polar surface area (TPSA) is 99.3 Å². The van der Waals surface area contributed by atoms with E-state index in [1.807, 2.05) is 18.3 Å². The Morgan fingerprint density at radius 2 is 1.93 bits per heavy atom. The molecule has 3 aromatic rings. The monoisotopic (exact) mass is 484 g/mol. The second kappa shape index (κ2) is 8.70. The zero-order valence-electron chi connectivity index (χ0n) is 15.5. The first-order chi connectivity index (χ1) is 13.7. The molecule has 28 heavy (non-hydrogen) atoms. The number of anilines is 2. The van der Waals surface area contributed by atoms with Gasteiger partial charge in [-0.25, -0.2) is 0 Å². The van der Waals surface area contributed by atoms with E-state index >= 15 is 0 Å². The Kier molecular flexibility index (Phi) is 5.86. The molecule has 0 atom stereocenters. The number of rotatable bonds is 5. The summed E-state index contributed by atoms with van der Waals surface area (Å²) >= 11 is -1.15. The van der Waals surface area contributed by atoms with E-state index in [0.717, 1.165) is 34.0 Å². The van der Waals surface area contributed by atoms with Crippen LogP contribution in [0.4, 0.5) is 11.8 Å². The summed E-state index contributed by atoms with van der Waals surface area (Å²) in [6, 6.07) is 9.76. The van der Waals surface area contributed by atoms with Crippen LogP contribution in [0.25, 0.3) is 11.3 Å². The molecule has 0 aromatic carbocycles. The predicted molar refractivity (Wildman–Crippen MR) is 109 cm³/mol. The van der Waals surface area contributed by atoms with Crippen LogP contribution >= 0.6 is 0 Å². The van der Waals surface area contributed by atoms with Gasteiger partial charge in [-0.3, -0.25) is 0 Å². The number of methoxy groups -OCH3 is 1. The van der Waals surface area contributed by atoms with Gasteiger partial charge in [-0.2, -0.15) is 0 Å². The normalized spacial score (nSPS) is 14.1. The molecule has 1 aliphatic rings. The molecule has 1 fully saturated rings. The van der Waals surface area contributed by atoms with Gasteiger partial charge in [0.15, 0.2) is 0 Å². The van der Waals surface area contributed by atoms with Crippen LogP contribution in [0.3, 0.4) is 0 Å². The van der Waals surface area contributed by atoms with Crippen LogP contribution in [-0.2, 0) is 4.74 Å². The van der Waals surface area contributed by atoms with Crippen LogP contribution in [0.5, 0.6) is 5.88 Å². The van der Waals surface area contributed by atoms with Crippen molar-refractivity contribution in [1.82, 2.24) is 19.9 Å². The fourth-order valence-corrected chi connectivity index (χ4v) is 5.56. The second-order valence-corrected chi connectivity index (χ2v) is 10.0. The van der Waals surface area contributed by atoms with Crippen molar-refractivity contribution < 1.29 is 9.47 Å². The molecule has 2 N–H and O–H groups in total. The molecule has 4 heterocycles. The third-order valence-electron chi connectivity index (χ3n) is 4.31. The molecule has 9 heteroatoms. The summed E-state index contributed by atoms with van der Waals surface area (Å²) in [6.45, 7) is 2.96. The van der Waals surface area contributed by atoms with Gasteiger partial charge in [0.1, 0.15) is 0 Å². The zero-order valence-corrected chi connectivity index (χ0v) is 18.4. The van der Waals surface area contributed by atoms with Crippen LogP contribution < -0.4 is 22.7 Å². The first-order valence-corrected chi connectivity index (χ1v) is 11.8. The van der Waals surface area contributed by atoms with Gasteiger partial charge in [-0.1, -0.05) is 0 Å². The maximum absolute atomic E-state index is 5.73. The molecule has 2 radical (unpaired) electrons. The van der Waals surface area contributed by atoms with Gasteiger partial charge in [0.2, 0.25) is 0 Å². The standard InChI is InChI=1S/C13H14N5O.C6H6NO.Sn/c14-12-2-1-10(9-16-12)11-3-4-15-13(17-11)18-5-7-19-8-6-18;1-8-6-4-2-3-5-7-6;/h1-3,9H,5-8H2,(H2,14,16);2,4-5H,1H3;. The molecule has 142 valence electrons. The first kappa shape index (κ1) is 18.9. The van der Waals surface area contributed by atoms with E-state index in [0.29, 0.717) is 24.9 Å². The summed E-state index contributed by atoms with van der Waals surface area (Å²) in [7, 11) is 1.62. The average molecular weight is 483 g/mol. The Balaban J connectivity index is 1.68. The average Bonchev–Trinajstić information content (AvgIpc) is 2.75. The van der Waals surface area contributed by atoms with E-state index in [9.17, 15) is 0 Å². The number of pyridine rings is 2. The quantitative estimate of drug-likeness (QED) is 0.508. The molecule has 0 aliphatic carbocycles. The number of nitrogen functional groups attached to an aromatic ring is 1. The molecule has 0 saturated carbocycles. The fraction of sp³-hybridized carbons (Fsp3) is 0.263.